The Kier molecular flexibility index (Phi) is 3.43. The lowest BCUT2D eigenvalue weighted by atomic mass is 10.4. The number of amides is 2. The van der Waals surface area contributed by atoms with Crippen molar-refractivity contribution in [2.45, 2.75) is 12.4 Å². The molecule has 6 nitrogen and oxygen atoms in total. The first kappa shape index (κ1) is 11.7. The van der Waals surface area contributed by atoms with Crippen LogP contribution in [0.25, 0.3) is 11.0 Å². The van der Waals surface area contributed by atoms with Crippen molar-refractivity contribution in [1.29, 1.82) is 0 Å². The Hall–Kier alpha value is -1.82. The molecule has 2 heterocycles. The van der Waals surface area contributed by atoms with E-state index in [9.17, 15) is 4.79 Å². The highest BCUT2D eigenvalue weighted by molar-refractivity contribution is 6.16. The minimum atomic E-state index is -0.538. The topological polar surface area (TPSA) is 85.8 Å². The second kappa shape index (κ2) is 5.01. The minimum Gasteiger partial charge on any atom is -0.352 e. The number of carbonyl (C=O) groups excluding carboxylic acids is 1. The number of alkyl halides is 1. The number of hydrogen-bond donors (Lipinski definition) is 2. The van der Waals surface area contributed by atoms with Gasteiger partial charge in [-0.15, -0.1) is 11.6 Å². The standard InChI is InChI=1S/C10H12ClN5O/c11-5-9-15-7-6-13-2-1-8(7)16(9)4-3-14-10(12)17/h1-2,6H,3-5H2,(H3,12,14,17). The van der Waals surface area contributed by atoms with Crippen LogP contribution < -0.4 is 11.1 Å². The molecule has 0 aliphatic heterocycles. The predicted molar refractivity (Wildman–Crippen MR) is 64.7 cm³/mol. The first-order chi connectivity index (χ1) is 8.22. The maximum absolute atomic E-state index is 10.6. The van der Waals surface area contributed by atoms with Crippen molar-refractivity contribution >= 4 is 28.7 Å². The van der Waals surface area contributed by atoms with Crippen LogP contribution in [0, 0.1) is 0 Å². The SMILES string of the molecule is NC(=O)NCCn1c(CCl)nc2cnccc21. The van der Waals surface area contributed by atoms with Crippen LogP contribution in [-0.4, -0.2) is 27.1 Å². The van der Waals surface area contributed by atoms with E-state index in [2.05, 4.69) is 15.3 Å². The molecule has 3 N–H and O–H groups in total. The van der Waals surface area contributed by atoms with Gasteiger partial charge in [-0.1, -0.05) is 0 Å². The molecule has 2 rings (SSSR count). The van der Waals surface area contributed by atoms with Crippen LogP contribution >= 0.6 is 11.6 Å². The molecule has 0 spiro atoms. The third-order valence-corrected chi connectivity index (χ3v) is 2.62. The van der Waals surface area contributed by atoms with E-state index in [0.29, 0.717) is 19.0 Å². The van der Waals surface area contributed by atoms with Crippen molar-refractivity contribution in [2.75, 3.05) is 6.54 Å². The summed E-state index contributed by atoms with van der Waals surface area (Å²) in [6, 6.07) is 1.33. The zero-order valence-electron chi connectivity index (χ0n) is 9.06. The van der Waals surface area contributed by atoms with Gasteiger partial charge < -0.3 is 15.6 Å². The fourth-order valence-electron chi connectivity index (χ4n) is 1.67. The molecular weight excluding hydrogens is 242 g/mol. The van der Waals surface area contributed by atoms with Crippen LogP contribution in [0.5, 0.6) is 0 Å². The third kappa shape index (κ3) is 2.47. The quantitative estimate of drug-likeness (QED) is 0.792. The van der Waals surface area contributed by atoms with Crippen LogP contribution in [0.2, 0.25) is 0 Å². The third-order valence-electron chi connectivity index (χ3n) is 2.38. The van der Waals surface area contributed by atoms with Gasteiger partial charge >= 0.3 is 6.03 Å². The molecule has 2 aromatic rings. The average molecular weight is 254 g/mol. The summed E-state index contributed by atoms with van der Waals surface area (Å²) in [5, 5.41) is 2.53. The molecule has 2 aromatic heterocycles. The summed E-state index contributed by atoms with van der Waals surface area (Å²) >= 11 is 5.83. The molecule has 2 amide bonds. The summed E-state index contributed by atoms with van der Waals surface area (Å²) < 4.78 is 1.94. The molecule has 90 valence electrons. The van der Waals surface area contributed by atoms with Crippen LogP contribution in [0.1, 0.15) is 5.82 Å². The number of halogens is 1. The second-order valence-corrected chi connectivity index (χ2v) is 3.74. The van der Waals surface area contributed by atoms with E-state index in [1.807, 2.05) is 10.6 Å². The molecule has 0 saturated carbocycles. The van der Waals surface area contributed by atoms with E-state index in [-0.39, 0.29) is 0 Å². The lowest BCUT2D eigenvalue weighted by Crippen LogP contribution is -2.32. The summed E-state index contributed by atoms with van der Waals surface area (Å²) in [6.07, 6.45) is 3.38. The van der Waals surface area contributed by atoms with Crippen molar-refractivity contribution < 1.29 is 4.79 Å². The Balaban J connectivity index is 2.27. The Bertz CT molecular complexity index is 538. The normalized spacial score (nSPS) is 10.6. The number of pyridine rings is 1. The number of hydrogen-bond acceptors (Lipinski definition) is 3. The Morgan fingerprint density at radius 1 is 1.59 bits per heavy atom. The number of imidazole rings is 1. The number of primary amides is 1. The maximum atomic E-state index is 10.6. The number of fused-ring (bicyclic) bond motifs is 1. The number of nitrogens with one attached hydrogen (secondary N) is 1. The van der Waals surface area contributed by atoms with Crippen molar-refractivity contribution in [3.63, 3.8) is 0 Å². The molecule has 0 aliphatic carbocycles. The van der Waals surface area contributed by atoms with E-state index in [1.165, 1.54) is 0 Å². The first-order valence-electron chi connectivity index (χ1n) is 5.10. The van der Waals surface area contributed by atoms with Gasteiger partial charge in [0.2, 0.25) is 0 Å². The largest absolute Gasteiger partial charge is 0.352 e. The zero-order valence-corrected chi connectivity index (χ0v) is 9.81. The number of rotatable bonds is 4. The Labute approximate surface area is 103 Å². The molecule has 7 heteroatoms. The van der Waals surface area contributed by atoms with E-state index >= 15 is 0 Å². The number of carbonyl (C=O) groups is 1. The van der Waals surface area contributed by atoms with Gasteiger partial charge in [0.15, 0.2) is 0 Å². The van der Waals surface area contributed by atoms with Crippen molar-refractivity contribution in [3.8, 4) is 0 Å². The van der Waals surface area contributed by atoms with Crippen molar-refractivity contribution in [2.24, 2.45) is 5.73 Å². The molecule has 0 atom stereocenters. The smallest absolute Gasteiger partial charge is 0.312 e. The number of nitrogens with zero attached hydrogens (tertiary/aromatic N) is 3. The first-order valence-corrected chi connectivity index (χ1v) is 5.64. The summed E-state index contributed by atoms with van der Waals surface area (Å²) in [4.78, 5) is 19.0. The fourth-order valence-corrected chi connectivity index (χ4v) is 1.88. The molecule has 0 radical (unpaired) electrons. The molecule has 0 aliphatic rings. The van der Waals surface area contributed by atoms with Gasteiger partial charge in [0, 0.05) is 19.3 Å². The fraction of sp³-hybridized carbons (Fsp3) is 0.300. The summed E-state index contributed by atoms with van der Waals surface area (Å²) in [5.74, 6) is 1.06. The van der Waals surface area contributed by atoms with Crippen LogP contribution in [0.4, 0.5) is 4.79 Å². The van der Waals surface area contributed by atoms with E-state index in [0.717, 1.165) is 16.9 Å². The molecule has 17 heavy (non-hydrogen) atoms. The number of aromatic nitrogens is 3. The summed E-state index contributed by atoms with van der Waals surface area (Å²) in [5.41, 5.74) is 6.74. The highest BCUT2D eigenvalue weighted by Gasteiger charge is 2.09. The average Bonchev–Trinajstić information content (AvgIpc) is 2.67. The highest BCUT2D eigenvalue weighted by Crippen LogP contribution is 2.15. The summed E-state index contributed by atoms with van der Waals surface area (Å²) in [7, 11) is 0. The van der Waals surface area contributed by atoms with Crippen LogP contribution in [-0.2, 0) is 12.4 Å². The van der Waals surface area contributed by atoms with Crippen molar-refractivity contribution in [1.82, 2.24) is 19.9 Å². The van der Waals surface area contributed by atoms with Gasteiger partial charge in [0.25, 0.3) is 0 Å². The second-order valence-electron chi connectivity index (χ2n) is 3.47. The zero-order chi connectivity index (χ0) is 12.3. The lowest BCUT2D eigenvalue weighted by Gasteiger charge is -2.07. The van der Waals surface area contributed by atoms with Gasteiger partial charge in [-0.05, 0) is 6.07 Å². The van der Waals surface area contributed by atoms with E-state index in [1.54, 1.807) is 12.4 Å². The van der Waals surface area contributed by atoms with Gasteiger partial charge in [-0.3, -0.25) is 4.98 Å². The minimum absolute atomic E-state index is 0.311. The molecule has 0 unspecified atom stereocenters. The van der Waals surface area contributed by atoms with Gasteiger partial charge in [-0.2, -0.15) is 0 Å². The van der Waals surface area contributed by atoms with Crippen LogP contribution in [0.3, 0.4) is 0 Å². The monoisotopic (exact) mass is 253 g/mol. The van der Waals surface area contributed by atoms with Crippen LogP contribution in [0.15, 0.2) is 18.5 Å². The number of nitrogens with two attached hydrogens (primary N) is 1. The van der Waals surface area contributed by atoms with E-state index < -0.39 is 6.03 Å². The molecule has 0 bridgehead atoms. The van der Waals surface area contributed by atoms with Gasteiger partial charge in [0.05, 0.1) is 17.6 Å². The predicted octanol–water partition coefficient (Wildman–Crippen LogP) is 0.838. The van der Waals surface area contributed by atoms with Gasteiger partial charge in [0.1, 0.15) is 11.3 Å². The highest BCUT2D eigenvalue weighted by atomic mass is 35.5. The Morgan fingerprint density at radius 3 is 3.12 bits per heavy atom. The van der Waals surface area contributed by atoms with Gasteiger partial charge in [-0.25, -0.2) is 9.78 Å². The molecule has 0 saturated heterocycles. The Morgan fingerprint density at radius 2 is 2.41 bits per heavy atom. The molecule has 0 aromatic carbocycles. The number of urea groups is 1. The van der Waals surface area contributed by atoms with E-state index in [4.69, 9.17) is 17.3 Å². The lowest BCUT2D eigenvalue weighted by molar-refractivity contribution is 0.248. The molecular formula is C10H12ClN5O. The molecule has 0 fully saturated rings. The summed E-state index contributed by atoms with van der Waals surface area (Å²) in [6.45, 7) is 1.01. The van der Waals surface area contributed by atoms with Crippen molar-refractivity contribution in [3.05, 3.63) is 24.3 Å². The maximum Gasteiger partial charge on any atom is 0.312 e.